The molecule has 25 heavy (non-hydrogen) atoms. The molecule has 0 aliphatic carbocycles. The lowest BCUT2D eigenvalue weighted by Gasteiger charge is -2.07. The van der Waals surface area contributed by atoms with Crippen molar-refractivity contribution in [2.45, 2.75) is 12.8 Å². The first-order chi connectivity index (χ1) is 12.1. The molecule has 0 atom stereocenters. The van der Waals surface area contributed by atoms with E-state index in [9.17, 15) is 14.4 Å². The van der Waals surface area contributed by atoms with Gasteiger partial charge < -0.3 is 9.84 Å². The third kappa shape index (κ3) is 5.73. The van der Waals surface area contributed by atoms with E-state index < -0.39 is 11.9 Å². The van der Waals surface area contributed by atoms with E-state index in [0.29, 0.717) is 17.5 Å². The lowest BCUT2D eigenvalue weighted by molar-refractivity contribution is -0.131. The van der Waals surface area contributed by atoms with Gasteiger partial charge in [-0.25, -0.2) is 9.59 Å². The van der Waals surface area contributed by atoms with Crippen molar-refractivity contribution >= 4 is 17.7 Å². The molecule has 0 amide bonds. The lowest BCUT2D eigenvalue weighted by atomic mass is 9.99. The highest BCUT2D eigenvalue weighted by molar-refractivity contribution is 6.11. The fourth-order valence-corrected chi connectivity index (χ4v) is 2.26. The van der Waals surface area contributed by atoms with Gasteiger partial charge in [0.2, 0.25) is 0 Å². The second-order valence-corrected chi connectivity index (χ2v) is 5.31. The van der Waals surface area contributed by atoms with Crippen LogP contribution in [-0.2, 0) is 9.53 Å². The van der Waals surface area contributed by atoms with Crippen LogP contribution in [-0.4, -0.2) is 29.4 Å². The highest BCUT2D eigenvalue weighted by Crippen LogP contribution is 2.14. The maximum atomic E-state index is 12.4. The Morgan fingerprint density at radius 3 is 2.00 bits per heavy atom. The molecule has 1 N–H and O–H groups in total. The number of Topliss-reactive ketones (excluding diaryl/α,β-unsaturated/α-hetero) is 1. The van der Waals surface area contributed by atoms with E-state index in [0.717, 1.165) is 6.08 Å². The summed E-state index contributed by atoms with van der Waals surface area (Å²) in [5.41, 5.74) is 1.05. The van der Waals surface area contributed by atoms with Crippen LogP contribution in [0.15, 0.2) is 72.3 Å². The molecule has 2 rings (SSSR count). The summed E-state index contributed by atoms with van der Waals surface area (Å²) in [6.45, 7) is 0.104. The van der Waals surface area contributed by atoms with E-state index >= 15 is 0 Å². The highest BCUT2D eigenvalue weighted by Gasteiger charge is 2.14. The van der Waals surface area contributed by atoms with Crippen LogP contribution < -0.4 is 0 Å². The van der Waals surface area contributed by atoms with Gasteiger partial charge in [0, 0.05) is 17.2 Å². The Hall–Kier alpha value is -3.21. The molecule has 0 radical (unpaired) electrons. The molecule has 5 nitrogen and oxygen atoms in total. The molecule has 0 saturated carbocycles. The summed E-state index contributed by atoms with van der Waals surface area (Å²) in [6.07, 6.45) is 1.48. The summed E-state index contributed by atoms with van der Waals surface area (Å²) in [5.74, 6) is -1.96. The Labute approximate surface area is 145 Å². The molecule has 0 bridgehead atoms. The van der Waals surface area contributed by atoms with Crippen LogP contribution in [0.4, 0.5) is 0 Å². The molecule has 128 valence electrons. The topological polar surface area (TPSA) is 80.7 Å². The van der Waals surface area contributed by atoms with Crippen molar-refractivity contribution in [1.29, 1.82) is 0 Å². The first-order valence-corrected chi connectivity index (χ1v) is 7.83. The van der Waals surface area contributed by atoms with Gasteiger partial charge >= 0.3 is 11.9 Å². The number of carboxylic acid groups (broad SMARTS) is 1. The predicted molar refractivity (Wildman–Crippen MR) is 92.4 cm³/mol. The Morgan fingerprint density at radius 1 is 0.880 bits per heavy atom. The molecule has 0 aromatic heterocycles. The number of ketones is 1. The Kier molecular flexibility index (Phi) is 6.65. The summed E-state index contributed by atoms with van der Waals surface area (Å²) in [4.78, 5) is 35.2. The summed E-state index contributed by atoms with van der Waals surface area (Å²) >= 11 is 0. The van der Waals surface area contributed by atoms with Crippen molar-refractivity contribution in [3.63, 3.8) is 0 Å². The average Bonchev–Trinajstić information content (AvgIpc) is 2.64. The highest BCUT2D eigenvalue weighted by atomic mass is 16.5. The molecule has 0 aliphatic rings. The summed E-state index contributed by atoms with van der Waals surface area (Å²) in [6, 6.07) is 17.1. The van der Waals surface area contributed by atoms with E-state index in [1.165, 1.54) is 0 Å². The third-order valence-corrected chi connectivity index (χ3v) is 3.46. The van der Waals surface area contributed by atoms with E-state index in [2.05, 4.69) is 0 Å². The second-order valence-electron chi connectivity index (χ2n) is 5.31. The number of carbonyl (C=O) groups excluding carboxylic acids is 2. The molecular formula is C20H18O5. The molecular weight excluding hydrogens is 320 g/mol. The predicted octanol–water partition coefficient (Wildman–Crippen LogP) is 3.52. The SMILES string of the molecule is O=C(O)C=C(CCCOC(=O)c1ccccc1)C(=O)c1ccccc1. The largest absolute Gasteiger partial charge is 0.478 e. The number of rotatable bonds is 8. The van der Waals surface area contributed by atoms with E-state index in [1.54, 1.807) is 60.7 Å². The van der Waals surface area contributed by atoms with Gasteiger partial charge in [-0.3, -0.25) is 4.79 Å². The lowest BCUT2D eigenvalue weighted by Crippen LogP contribution is -2.09. The van der Waals surface area contributed by atoms with Crippen molar-refractivity contribution in [2.75, 3.05) is 6.61 Å². The molecule has 5 heteroatoms. The number of hydrogen-bond donors (Lipinski definition) is 1. The van der Waals surface area contributed by atoms with E-state index in [4.69, 9.17) is 9.84 Å². The molecule has 2 aromatic carbocycles. The fraction of sp³-hybridized carbons (Fsp3) is 0.150. The minimum absolute atomic E-state index is 0.104. The Bertz CT molecular complexity index is 763. The number of carboxylic acids is 1. The summed E-state index contributed by atoms with van der Waals surface area (Å²) in [7, 11) is 0. The number of benzene rings is 2. The van der Waals surface area contributed by atoms with E-state index in [1.807, 2.05) is 0 Å². The van der Waals surface area contributed by atoms with Crippen LogP contribution in [0.5, 0.6) is 0 Å². The smallest absolute Gasteiger partial charge is 0.338 e. The average molecular weight is 338 g/mol. The van der Waals surface area contributed by atoms with Gasteiger partial charge in [0.25, 0.3) is 0 Å². The quantitative estimate of drug-likeness (QED) is 0.345. The van der Waals surface area contributed by atoms with Crippen molar-refractivity contribution in [3.8, 4) is 0 Å². The van der Waals surface area contributed by atoms with Gasteiger partial charge in [0.05, 0.1) is 12.2 Å². The minimum Gasteiger partial charge on any atom is -0.478 e. The number of carbonyl (C=O) groups is 3. The summed E-state index contributed by atoms with van der Waals surface area (Å²) < 4.78 is 5.14. The van der Waals surface area contributed by atoms with Crippen LogP contribution in [0, 0.1) is 0 Å². The first-order valence-electron chi connectivity index (χ1n) is 7.83. The second kappa shape index (κ2) is 9.17. The fourth-order valence-electron chi connectivity index (χ4n) is 2.26. The van der Waals surface area contributed by atoms with Crippen LogP contribution in [0.25, 0.3) is 0 Å². The molecule has 2 aromatic rings. The molecule has 0 heterocycles. The minimum atomic E-state index is -1.18. The Balaban J connectivity index is 1.92. The molecule has 0 unspecified atom stereocenters. The maximum Gasteiger partial charge on any atom is 0.338 e. The zero-order valence-corrected chi connectivity index (χ0v) is 13.6. The van der Waals surface area contributed by atoms with E-state index in [-0.39, 0.29) is 24.4 Å². The zero-order valence-electron chi connectivity index (χ0n) is 13.6. The zero-order chi connectivity index (χ0) is 18.1. The van der Waals surface area contributed by atoms with Gasteiger partial charge in [-0.05, 0) is 25.0 Å². The molecule has 0 fully saturated rings. The first kappa shape index (κ1) is 18.1. The van der Waals surface area contributed by atoms with Crippen molar-refractivity contribution in [1.82, 2.24) is 0 Å². The number of hydrogen-bond acceptors (Lipinski definition) is 4. The third-order valence-electron chi connectivity index (χ3n) is 3.46. The molecule has 0 aliphatic heterocycles. The van der Waals surface area contributed by atoms with Crippen LogP contribution in [0.1, 0.15) is 33.6 Å². The van der Waals surface area contributed by atoms with Gasteiger partial charge in [0.1, 0.15) is 0 Å². The number of allylic oxidation sites excluding steroid dienone is 1. The van der Waals surface area contributed by atoms with Gasteiger partial charge in [-0.2, -0.15) is 0 Å². The number of aliphatic carboxylic acids is 1. The standard InChI is InChI=1S/C20H18O5/c21-18(22)14-17(19(23)15-8-3-1-4-9-15)12-7-13-25-20(24)16-10-5-2-6-11-16/h1-6,8-11,14H,7,12-13H2,(H,21,22). The van der Waals surface area contributed by atoms with Gasteiger partial charge in [-0.1, -0.05) is 48.5 Å². The van der Waals surface area contributed by atoms with Gasteiger partial charge in [0.15, 0.2) is 5.78 Å². The monoisotopic (exact) mass is 338 g/mol. The molecule has 0 saturated heterocycles. The van der Waals surface area contributed by atoms with Crippen molar-refractivity contribution in [3.05, 3.63) is 83.4 Å². The summed E-state index contributed by atoms with van der Waals surface area (Å²) in [5, 5.41) is 8.96. The normalized spacial score (nSPS) is 11.0. The van der Waals surface area contributed by atoms with Crippen molar-refractivity contribution in [2.24, 2.45) is 0 Å². The number of esters is 1. The van der Waals surface area contributed by atoms with Gasteiger partial charge in [-0.15, -0.1) is 0 Å². The maximum absolute atomic E-state index is 12.4. The molecule has 0 spiro atoms. The van der Waals surface area contributed by atoms with Crippen LogP contribution >= 0.6 is 0 Å². The van der Waals surface area contributed by atoms with Crippen molar-refractivity contribution < 1.29 is 24.2 Å². The Morgan fingerprint density at radius 2 is 1.44 bits per heavy atom. The number of ether oxygens (including phenoxy) is 1. The van der Waals surface area contributed by atoms with Crippen LogP contribution in [0.3, 0.4) is 0 Å². The van der Waals surface area contributed by atoms with Crippen LogP contribution in [0.2, 0.25) is 0 Å².